The molecule has 0 unspecified atom stereocenters. The lowest BCUT2D eigenvalue weighted by molar-refractivity contribution is -0.154. The average Bonchev–Trinajstić information content (AvgIpc) is 3.40. The summed E-state index contributed by atoms with van der Waals surface area (Å²) in [5.74, 6) is 0.858. The van der Waals surface area contributed by atoms with Crippen LogP contribution in [0.3, 0.4) is 0 Å². The van der Waals surface area contributed by atoms with E-state index in [2.05, 4.69) is 30.3 Å². The Labute approximate surface area is 228 Å². The maximum atomic E-state index is 13.7. The fraction of sp³-hybridized carbons (Fsp3) is 0.893. The number of hydrogen-bond acceptors (Lipinski definition) is 5. The third-order valence-electron chi connectivity index (χ3n) is 9.73. The summed E-state index contributed by atoms with van der Waals surface area (Å²) in [7, 11) is -1.25. The number of carbonyl (C=O) groups is 3. The van der Waals surface area contributed by atoms with Gasteiger partial charge in [0.2, 0.25) is 0 Å². The van der Waals surface area contributed by atoms with Gasteiger partial charge in [-0.1, -0.05) is 32.5 Å². The van der Waals surface area contributed by atoms with Gasteiger partial charge >= 0.3 is 12.1 Å². The fourth-order valence-electron chi connectivity index (χ4n) is 7.28. The average molecular weight is 549 g/mol. The van der Waals surface area contributed by atoms with E-state index in [4.69, 9.17) is 9.47 Å². The highest BCUT2D eigenvalue weighted by Gasteiger charge is 2.68. The molecule has 0 aromatic heterocycles. The molecule has 5 amide bonds. The van der Waals surface area contributed by atoms with Crippen LogP contribution >= 0.6 is 0 Å². The Hall–Kier alpha value is -1.65. The lowest BCUT2D eigenvalue weighted by Crippen LogP contribution is -2.65. The minimum absolute atomic E-state index is 0.0434. The van der Waals surface area contributed by atoms with Gasteiger partial charge < -0.3 is 25.0 Å². The molecule has 0 aromatic carbocycles. The van der Waals surface area contributed by atoms with Gasteiger partial charge in [0.05, 0.1) is 13.2 Å². The standard InChI is InChI=1S/C28H48N4O5Si/c1-38(2,3)13-12-36-20-31-24(33)28(32(26(31)35)15-22-16-37-17-22)18-27(19-28)10-8-23(9-11-27)30-25(34)29-14-21-6-4-5-7-21/h21-23H,4-20H2,1-3H3,(H2,29,30,34). The molecule has 10 heteroatoms. The summed E-state index contributed by atoms with van der Waals surface area (Å²) in [5, 5.41) is 6.26. The van der Waals surface area contributed by atoms with Gasteiger partial charge in [0.15, 0.2) is 0 Å². The van der Waals surface area contributed by atoms with E-state index < -0.39 is 13.6 Å². The van der Waals surface area contributed by atoms with Crippen LogP contribution < -0.4 is 10.6 Å². The van der Waals surface area contributed by atoms with Crippen molar-refractivity contribution in [2.24, 2.45) is 17.3 Å². The Morgan fingerprint density at radius 1 is 1.05 bits per heavy atom. The number of carbonyl (C=O) groups excluding carboxylic acids is 3. The molecule has 0 bridgehead atoms. The maximum absolute atomic E-state index is 13.7. The van der Waals surface area contributed by atoms with Crippen LogP contribution in [0.2, 0.25) is 25.7 Å². The summed E-state index contributed by atoms with van der Waals surface area (Å²) in [6.45, 7) is 10.2. The molecular weight excluding hydrogens is 500 g/mol. The lowest BCUT2D eigenvalue weighted by atomic mass is 9.51. The molecule has 38 heavy (non-hydrogen) atoms. The van der Waals surface area contributed by atoms with Crippen LogP contribution in [0.15, 0.2) is 0 Å². The van der Waals surface area contributed by atoms with Crippen molar-refractivity contribution in [1.82, 2.24) is 20.4 Å². The van der Waals surface area contributed by atoms with Crippen molar-refractivity contribution < 1.29 is 23.9 Å². The molecular formula is C28H48N4O5Si. The highest BCUT2D eigenvalue weighted by Crippen LogP contribution is 2.61. The summed E-state index contributed by atoms with van der Waals surface area (Å²) in [5.41, 5.74) is -0.648. The molecule has 3 aliphatic carbocycles. The first-order valence-corrected chi connectivity index (χ1v) is 18.6. The van der Waals surface area contributed by atoms with Crippen molar-refractivity contribution in [2.75, 3.05) is 39.6 Å². The molecule has 0 radical (unpaired) electrons. The van der Waals surface area contributed by atoms with Crippen LogP contribution in [0.1, 0.15) is 64.2 Å². The Morgan fingerprint density at radius 2 is 1.74 bits per heavy atom. The highest BCUT2D eigenvalue weighted by atomic mass is 28.3. The van der Waals surface area contributed by atoms with E-state index in [0.29, 0.717) is 38.2 Å². The topological polar surface area (TPSA) is 100 Å². The molecule has 2 aliphatic heterocycles. The third kappa shape index (κ3) is 5.92. The number of hydrogen-bond donors (Lipinski definition) is 2. The first-order valence-electron chi connectivity index (χ1n) is 14.9. The van der Waals surface area contributed by atoms with Crippen molar-refractivity contribution in [3.63, 3.8) is 0 Å². The molecule has 2 spiro atoms. The Bertz CT molecular complexity index is 882. The van der Waals surface area contributed by atoms with Gasteiger partial charge in [-0.25, -0.2) is 14.5 Å². The van der Waals surface area contributed by atoms with E-state index in [9.17, 15) is 14.4 Å². The monoisotopic (exact) mass is 548 g/mol. The second-order valence-corrected chi connectivity index (χ2v) is 19.7. The molecule has 2 heterocycles. The van der Waals surface area contributed by atoms with Crippen LogP contribution in [-0.4, -0.2) is 87.1 Å². The van der Waals surface area contributed by atoms with Crippen molar-refractivity contribution >= 4 is 26.0 Å². The Balaban J connectivity index is 1.14. The molecule has 3 saturated carbocycles. The van der Waals surface area contributed by atoms with Gasteiger partial charge in [-0.2, -0.15) is 0 Å². The molecule has 2 saturated heterocycles. The molecule has 5 fully saturated rings. The first kappa shape index (κ1) is 27.9. The number of amides is 5. The minimum Gasteiger partial charge on any atom is -0.381 e. The second kappa shape index (κ2) is 11.1. The van der Waals surface area contributed by atoms with E-state index in [-0.39, 0.29) is 36.2 Å². The van der Waals surface area contributed by atoms with Gasteiger partial charge in [-0.3, -0.25) is 4.79 Å². The lowest BCUT2D eigenvalue weighted by Gasteiger charge is -2.58. The fourth-order valence-corrected chi connectivity index (χ4v) is 8.04. The van der Waals surface area contributed by atoms with E-state index in [1.165, 1.54) is 30.6 Å². The van der Waals surface area contributed by atoms with Crippen LogP contribution in [0.25, 0.3) is 0 Å². The van der Waals surface area contributed by atoms with Gasteiger partial charge in [-0.15, -0.1) is 0 Å². The van der Waals surface area contributed by atoms with Gasteiger partial charge in [0.25, 0.3) is 5.91 Å². The second-order valence-electron chi connectivity index (χ2n) is 14.0. The number of urea groups is 2. The van der Waals surface area contributed by atoms with E-state index >= 15 is 0 Å². The molecule has 0 atom stereocenters. The van der Waals surface area contributed by atoms with E-state index in [1.807, 2.05) is 4.90 Å². The van der Waals surface area contributed by atoms with Crippen LogP contribution in [-0.2, 0) is 14.3 Å². The van der Waals surface area contributed by atoms with Gasteiger partial charge in [0, 0.05) is 39.7 Å². The summed E-state index contributed by atoms with van der Waals surface area (Å²) in [6.07, 6.45) is 10.3. The third-order valence-corrected chi connectivity index (χ3v) is 11.4. The zero-order chi connectivity index (χ0) is 27.0. The number of nitrogens with one attached hydrogen (secondary N) is 2. The highest BCUT2D eigenvalue weighted by molar-refractivity contribution is 6.76. The molecule has 0 aromatic rings. The summed E-state index contributed by atoms with van der Waals surface area (Å²) in [6, 6.07) is 0.951. The SMILES string of the molecule is C[Si](C)(C)CCOCN1C(=O)N(CC2COC2)C2(CC3(CCC(NC(=O)NCC4CCCC4)CC3)C2)C1=O. The normalized spacial score (nSPS) is 32.2. The zero-order valence-electron chi connectivity index (χ0n) is 23.7. The molecule has 214 valence electrons. The zero-order valence-corrected chi connectivity index (χ0v) is 24.7. The summed E-state index contributed by atoms with van der Waals surface area (Å²) in [4.78, 5) is 42.8. The van der Waals surface area contributed by atoms with Crippen molar-refractivity contribution in [3.8, 4) is 0 Å². The summed E-state index contributed by atoms with van der Waals surface area (Å²) >= 11 is 0. The molecule has 5 rings (SSSR count). The quantitative estimate of drug-likeness (QED) is 0.243. The molecule has 2 N–H and O–H groups in total. The summed E-state index contributed by atoms with van der Waals surface area (Å²) < 4.78 is 11.2. The van der Waals surface area contributed by atoms with Gasteiger partial charge in [0.1, 0.15) is 12.3 Å². The number of imide groups is 1. The van der Waals surface area contributed by atoms with Crippen molar-refractivity contribution in [1.29, 1.82) is 0 Å². The van der Waals surface area contributed by atoms with Crippen LogP contribution in [0, 0.1) is 17.3 Å². The molecule has 5 aliphatic rings. The van der Waals surface area contributed by atoms with E-state index in [0.717, 1.165) is 51.1 Å². The van der Waals surface area contributed by atoms with Crippen molar-refractivity contribution in [2.45, 2.75) is 101 Å². The Kier molecular flexibility index (Phi) is 8.13. The van der Waals surface area contributed by atoms with E-state index in [1.54, 1.807) is 0 Å². The number of rotatable bonds is 10. The number of nitrogens with zero attached hydrogens (tertiary/aromatic N) is 2. The minimum atomic E-state index is -1.25. The predicted octanol–water partition coefficient (Wildman–Crippen LogP) is 4.16. The largest absolute Gasteiger partial charge is 0.381 e. The Morgan fingerprint density at radius 3 is 2.34 bits per heavy atom. The van der Waals surface area contributed by atoms with Crippen molar-refractivity contribution in [3.05, 3.63) is 0 Å². The molecule has 9 nitrogen and oxygen atoms in total. The van der Waals surface area contributed by atoms with Gasteiger partial charge in [-0.05, 0) is 68.7 Å². The number of ether oxygens (including phenoxy) is 2. The maximum Gasteiger partial charge on any atom is 0.329 e. The van der Waals surface area contributed by atoms with Crippen LogP contribution in [0.5, 0.6) is 0 Å². The predicted molar refractivity (Wildman–Crippen MR) is 147 cm³/mol. The smallest absolute Gasteiger partial charge is 0.329 e. The first-order chi connectivity index (χ1) is 18.1. The van der Waals surface area contributed by atoms with Crippen LogP contribution in [0.4, 0.5) is 9.59 Å².